The zero-order valence-corrected chi connectivity index (χ0v) is 13.1. The fourth-order valence-electron chi connectivity index (χ4n) is 1.89. The van der Waals surface area contributed by atoms with Gasteiger partial charge >= 0.3 is 12.1 Å². The SMILES string of the molecule is NCCCc1cccc(C#CCCCC(O)OC(=O)C(F)(F)F)c1. The van der Waals surface area contributed by atoms with Crippen LogP contribution in [0.5, 0.6) is 0 Å². The van der Waals surface area contributed by atoms with Crippen LogP contribution in [-0.4, -0.2) is 30.1 Å². The molecule has 0 aliphatic heterocycles. The van der Waals surface area contributed by atoms with Crippen LogP contribution in [0, 0.1) is 11.8 Å². The Hall–Kier alpha value is -2.04. The smallest absolute Gasteiger partial charge is 0.429 e. The van der Waals surface area contributed by atoms with Gasteiger partial charge in [0.25, 0.3) is 0 Å². The molecule has 7 heteroatoms. The minimum absolute atomic E-state index is 0.104. The van der Waals surface area contributed by atoms with Gasteiger partial charge in [-0.25, -0.2) is 4.79 Å². The first-order valence-corrected chi connectivity index (χ1v) is 7.56. The van der Waals surface area contributed by atoms with Gasteiger partial charge in [0.2, 0.25) is 6.29 Å². The predicted molar refractivity (Wildman–Crippen MR) is 82.7 cm³/mol. The third-order valence-electron chi connectivity index (χ3n) is 3.06. The summed E-state index contributed by atoms with van der Waals surface area (Å²) in [4.78, 5) is 10.5. The highest BCUT2D eigenvalue weighted by molar-refractivity contribution is 5.75. The van der Waals surface area contributed by atoms with Gasteiger partial charge in [-0.05, 0) is 43.5 Å². The van der Waals surface area contributed by atoms with Crippen molar-refractivity contribution < 1.29 is 27.8 Å². The van der Waals surface area contributed by atoms with E-state index in [2.05, 4.69) is 16.6 Å². The number of aryl methyl sites for hydroxylation is 1. The summed E-state index contributed by atoms with van der Waals surface area (Å²) in [7, 11) is 0. The molecule has 1 unspecified atom stereocenters. The summed E-state index contributed by atoms with van der Waals surface area (Å²) in [6.07, 6.45) is -4.53. The number of hydrogen-bond donors (Lipinski definition) is 2. The van der Waals surface area contributed by atoms with Crippen molar-refractivity contribution in [2.45, 2.75) is 44.6 Å². The summed E-state index contributed by atoms with van der Waals surface area (Å²) in [6, 6.07) is 7.71. The average Bonchev–Trinajstić information content (AvgIpc) is 2.52. The summed E-state index contributed by atoms with van der Waals surface area (Å²) in [5, 5.41) is 9.22. The molecule has 0 saturated carbocycles. The van der Waals surface area contributed by atoms with E-state index >= 15 is 0 Å². The number of aliphatic hydroxyl groups is 1. The third-order valence-corrected chi connectivity index (χ3v) is 3.06. The molecule has 1 aromatic rings. The minimum atomic E-state index is -5.10. The van der Waals surface area contributed by atoms with Crippen LogP contribution in [0.15, 0.2) is 24.3 Å². The topological polar surface area (TPSA) is 72.6 Å². The zero-order chi connectivity index (χ0) is 18.0. The number of halogens is 3. The Morgan fingerprint density at radius 3 is 2.75 bits per heavy atom. The van der Waals surface area contributed by atoms with Gasteiger partial charge in [0.05, 0.1) is 0 Å². The second-order valence-electron chi connectivity index (χ2n) is 5.14. The number of esters is 1. The van der Waals surface area contributed by atoms with Gasteiger partial charge in [-0.3, -0.25) is 0 Å². The number of nitrogens with two attached hydrogens (primary N) is 1. The number of carbonyl (C=O) groups excluding carboxylic acids is 1. The lowest BCUT2D eigenvalue weighted by molar-refractivity contribution is -0.219. The average molecular weight is 343 g/mol. The lowest BCUT2D eigenvalue weighted by atomic mass is 10.1. The van der Waals surface area contributed by atoms with Gasteiger partial charge in [0, 0.05) is 18.4 Å². The summed E-state index contributed by atoms with van der Waals surface area (Å²) in [5.74, 6) is 3.43. The van der Waals surface area contributed by atoms with Crippen molar-refractivity contribution in [3.05, 3.63) is 35.4 Å². The zero-order valence-electron chi connectivity index (χ0n) is 13.1. The fraction of sp³-hybridized carbons (Fsp3) is 0.471. The number of aliphatic hydroxyl groups excluding tert-OH is 1. The normalized spacial score (nSPS) is 12.2. The molecule has 132 valence electrons. The Morgan fingerprint density at radius 2 is 2.08 bits per heavy atom. The second kappa shape index (κ2) is 9.96. The van der Waals surface area contributed by atoms with Gasteiger partial charge in [-0.1, -0.05) is 24.0 Å². The molecule has 0 aromatic heterocycles. The molecule has 0 amide bonds. The van der Waals surface area contributed by atoms with E-state index in [4.69, 9.17) is 5.73 Å². The summed E-state index contributed by atoms with van der Waals surface area (Å²) in [6.45, 7) is 0.622. The van der Waals surface area contributed by atoms with Gasteiger partial charge in [-0.2, -0.15) is 13.2 Å². The first-order chi connectivity index (χ1) is 11.3. The number of alkyl halides is 3. The van der Waals surface area contributed by atoms with Crippen LogP contribution in [0.25, 0.3) is 0 Å². The van der Waals surface area contributed by atoms with Crippen molar-refractivity contribution in [3.63, 3.8) is 0 Å². The maximum atomic E-state index is 11.9. The van der Waals surface area contributed by atoms with Gasteiger partial charge in [0.15, 0.2) is 0 Å². The highest BCUT2D eigenvalue weighted by Crippen LogP contribution is 2.18. The van der Waals surface area contributed by atoms with E-state index in [0.29, 0.717) is 19.4 Å². The fourth-order valence-corrected chi connectivity index (χ4v) is 1.89. The number of ether oxygens (including phenoxy) is 1. The highest BCUT2D eigenvalue weighted by Gasteiger charge is 2.42. The molecule has 0 fully saturated rings. The Labute approximate surface area is 138 Å². The second-order valence-corrected chi connectivity index (χ2v) is 5.14. The number of rotatable bonds is 7. The van der Waals surface area contributed by atoms with E-state index in [1.165, 1.54) is 0 Å². The van der Waals surface area contributed by atoms with Gasteiger partial charge in [0.1, 0.15) is 0 Å². The maximum Gasteiger partial charge on any atom is 0.491 e. The molecule has 0 spiro atoms. The Morgan fingerprint density at radius 1 is 1.33 bits per heavy atom. The van der Waals surface area contributed by atoms with E-state index in [0.717, 1.165) is 24.0 Å². The van der Waals surface area contributed by atoms with Crippen molar-refractivity contribution in [3.8, 4) is 11.8 Å². The quantitative estimate of drug-likeness (QED) is 0.345. The first kappa shape index (κ1) is 20.0. The summed E-state index contributed by atoms with van der Waals surface area (Å²) >= 11 is 0. The Bertz CT molecular complexity index is 591. The largest absolute Gasteiger partial charge is 0.491 e. The van der Waals surface area contributed by atoms with E-state index in [9.17, 15) is 23.1 Å². The van der Waals surface area contributed by atoms with Crippen molar-refractivity contribution in [1.82, 2.24) is 0 Å². The Balaban J connectivity index is 2.36. The molecule has 24 heavy (non-hydrogen) atoms. The van der Waals surface area contributed by atoms with Crippen LogP contribution >= 0.6 is 0 Å². The summed E-state index contributed by atoms with van der Waals surface area (Å²) < 4.78 is 39.7. The molecular formula is C17H20F3NO3. The van der Waals surface area contributed by atoms with Crippen LogP contribution in [0.3, 0.4) is 0 Å². The molecule has 4 nitrogen and oxygen atoms in total. The molecule has 0 heterocycles. The minimum Gasteiger partial charge on any atom is -0.429 e. The molecule has 3 N–H and O–H groups in total. The monoisotopic (exact) mass is 343 g/mol. The standard InChI is InChI=1S/C17H20F3NO3/c18-17(19,20)16(23)24-15(22)10-3-1-2-6-13-7-4-8-14(12-13)9-5-11-21/h4,7-8,12,15,22H,1,3,5,9-11,21H2. The molecule has 1 rings (SSSR count). The molecule has 0 aliphatic carbocycles. The predicted octanol–water partition coefficient (Wildman–Crippen LogP) is 2.52. The molecular weight excluding hydrogens is 323 g/mol. The third kappa shape index (κ3) is 7.99. The lowest BCUT2D eigenvalue weighted by Crippen LogP contribution is -2.30. The molecule has 0 radical (unpaired) electrons. The van der Waals surface area contributed by atoms with Crippen LogP contribution in [0.1, 0.15) is 36.8 Å². The molecule has 0 saturated heterocycles. The van der Waals surface area contributed by atoms with E-state index in [-0.39, 0.29) is 6.42 Å². The van der Waals surface area contributed by atoms with Crippen LogP contribution in [-0.2, 0) is 16.0 Å². The number of hydrogen-bond acceptors (Lipinski definition) is 4. The van der Waals surface area contributed by atoms with Crippen molar-refractivity contribution in [1.29, 1.82) is 0 Å². The van der Waals surface area contributed by atoms with Crippen molar-refractivity contribution in [2.24, 2.45) is 5.73 Å². The van der Waals surface area contributed by atoms with Crippen molar-refractivity contribution >= 4 is 5.97 Å². The van der Waals surface area contributed by atoms with Crippen LogP contribution < -0.4 is 5.73 Å². The van der Waals surface area contributed by atoms with E-state index < -0.39 is 18.4 Å². The van der Waals surface area contributed by atoms with E-state index in [1.54, 1.807) is 0 Å². The van der Waals surface area contributed by atoms with Crippen molar-refractivity contribution in [2.75, 3.05) is 6.54 Å². The number of unbranched alkanes of at least 4 members (excludes halogenated alkanes) is 1. The molecule has 1 atom stereocenters. The maximum absolute atomic E-state index is 11.9. The van der Waals surface area contributed by atoms with Crippen LogP contribution in [0.4, 0.5) is 13.2 Å². The first-order valence-electron chi connectivity index (χ1n) is 7.56. The molecule has 0 bridgehead atoms. The summed E-state index contributed by atoms with van der Waals surface area (Å²) in [5.41, 5.74) is 7.45. The van der Waals surface area contributed by atoms with Gasteiger partial charge < -0.3 is 15.6 Å². The van der Waals surface area contributed by atoms with Gasteiger partial charge in [-0.15, -0.1) is 0 Å². The molecule has 0 aliphatic rings. The van der Waals surface area contributed by atoms with Crippen LogP contribution in [0.2, 0.25) is 0 Å². The molecule has 1 aromatic carbocycles. The van der Waals surface area contributed by atoms with E-state index in [1.807, 2.05) is 24.3 Å². The Kier molecular flexibility index (Phi) is 8.30. The highest BCUT2D eigenvalue weighted by atomic mass is 19.4. The number of carbonyl (C=O) groups is 1. The lowest BCUT2D eigenvalue weighted by Gasteiger charge is -2.12. The number of benzene rings is 1.